The molecule has 1 aromatic heterocycles. The van der Waals surface area contributed by atoms with E-state index in [9.17, 15) is 4.79 Å². The van der Waals surface area contributed by atoms with Gasteiger partial charge in [0.1, 0.15) is 0 Å². The van der Waals surface area contributed by atoms with E-state index in [2.05, 4.69) is 31.7 Å². The standard InChI is InChI=1S/C14H13N7OS/c22-9-15-17-11-6-4-10(5-7-11)16-12-2-1-3-13(8-12)21-14(23)18-19-20-21/h1-9,16-17H,(H,15,22)(H,18,20,23). The van der Waals surface area contributed by atoms with Crippen molar-refractivity contribution in [1.82, 2.24) is 25.6 Å². The van der Waals surface area contributed by atoms with Crippen LogP contribution in [0, 0.1) is 4.77 Å². The number of carbonyl (C=O) groups excluding carboxylic acids is 1. The van der Waals surface area contributed by atoms with Crippen LogP contribution in [-0.4, -0.2) is 26.6 Å². The van der Waals surface area contributed by atoms with E-state index in [0.717, 1.165) is 22.7 Å². The number of nitrogens with one attached hydrogen (secondary N) is 4. The van der Waals surface area contributed by atoms with Gasteiger partial charge in [0.2, 0.25) is 11.2 Å². The normalized spacial score (nSPS) is 10.1. The third-order valence-corrected chi connectivity index (χ3v) is 3.29. The fraction of sp³-hybridized carbons (Fsp3) is 0. The molecule has 0 unspecified atom stereocenters. The predicted octanol–water partition coefficient (Wildman–Crippen LogP) is 2.14. The van der Waals surface area contributed by atoms with E-state index < -0.39 is 0 Å². The maximum absolute atomic E-state index is 10.2. The second-order valence-electron chi connectivity index (χ2n) is 4.56. The largest absolute Gasteiger partial charge is 0.355 e. The highest BCUT2D eigenvalue weighted by molar-refractivity contribution is 7.71. The average Bonchev–Trinajstić information content (AvgIpc) is 3.01. The monoisotopic (exact) mass is 327 g/mol. The molecule has 0 spiro atoms. The van der Waals surface area contributed by atoms with Crippen LogP contribution in [0.5, 0.6) is 0 Å². The maximum atomic E-state index is 10.2. The SMILES string of the molecule is O=CNNc1ccc(Nc2cccc(-n3[nH]nnc3=S)c2)cc1. The molecule has 0 radical (unpaired) electrons. The third kappa shape index (κ3) is 3.52. The Kier molecular flexibility index (Phi) is 4.29. The molecule has 0 bridgehead atoms. The number of rotatable bonds is 6. The summed E-state index contributed by atoms with van der Waals surface area (Å²) in [5, 5.41) is 13.4. The summed E-state index contributed by atoms with van der Waals surface area (Å²) in [5.74, 6) is 0. The fourth-order valence-corrected chi connectivity index (χ4v) is 2.19. The molecule has 23 heavy (non-hydrogen) atoms. The van der Waals surface area contributed by atoms with E-state index in [1.165, 1.54) is 0 Å². The summed E-state index contributed by atoms with van der Waals surface area (Å²) in [7, 11) is 0. The summed E-state index contributed by atoms with van der Waals surface area (Å²) in [6, 6.07) is 15.2. The molecule has 0 aliphatic heterocycles. The van der Waals surface area contributed by atoms with Crippen molar-refractivity contribution >= 4 is 35.7 Å². The van der Waals surface area contributed by atoms with Crippen molar-refractivity contribution < 1.29 is 4.79 Å². The lowest BCUT2D eigenvalue weighted by molar-refractivity contribution is -0.109. The van der Waals surface area contributed by atoms with Crippen molar-refractivity contribution in [3.05, 3.63) is 53.3 Å². The first-order chi connectivity index (χ1) is 11.3. The molecule has 0 aliphatic carbocycles. The quantitative estimate of drug-likeness (QED) is 0.314. The topological polar surface area (TPSA) is 99.7 Å². The van der Waals surface area contributed by atoms with Gasteiger partial charge < -0.3 is 5.32 Å². The minimum absolute atomic E-state index is 0.361. The van der Waals surface area contributed by atoms with Gasteiger partial charge in [0.25, 0.3) is 0 Å². The van der Waals surface area contributed by atoms with Crippen molar-refractivity contribution in [3.8, 4) is 5.69 Å². The van der Waals surface area contributed by atoms with Crippen molar-refractivity contribution in [2.75, 3.05) is 10.7 Å². The molecule has 4 N–H and O–H groups in total. The second kappa shape index (κ2) is 6.71. The van der Waals surface area contributed by atoms with Gasteiger partial charge in [0, 0.05) is 11.4 Å². The minimum atomic E-state index is 0.361. The average molecular weight is 327 g/mol. The molecule has 2 aromatic carbocycles. The Bertz CT molecular complexity index is 856. The molecule has 3 rings (SSSR count). The Balaban J connectivity index is 1.77. The minimum Gasteiger partial charge on any atom is -0.355 e. The number of nitrogens with zero attached hydrogens (tertiary/aromatic N) is 3. The van der Waals surface area contributed by atoms with Crippen LogP contribution < -0.4 is 16.2 Å². The summed E-state index contributed by atoms with van der Waals surface area (Å²) >= 11 is 5.09. The van der Waals surface area contributed by atoms with Gasteiger partial charge in [-0.1, -0.05) is 16.4 Å². The molecule has 8 nitrogen and oxygen atoms in total. The molecule has 0 saturated heterocycles. The van der Waals surface area contributed by atoms with Gasteiger partial charge in [-0.05, 0) is 54.7 Å². The molecular weight excluding hydrogens is 314 g/mol. The Hall–Kier alpha value is -3.20. The molecule has 116 valence electrons. The van der Waals surface area contributed by atoms with Crippen molar-refractivity contribution in [1.29, 1.82) is 0 Å². The molecule has 9 heteroatoms. The number of benzene rings is 2. The van der Waals surface area contributed by atoms with Gasteiger partial charge in [0.05, 0.1) is 11.4 Å². The molecular formula is C14H13N7OS. The van der Waals surface area contributed by atoms with Crippen LogP contribution in [0.1, 0.15) is 0 Å². The van der Waals surface area contributed by atoms with Crippen LogP contribution >= 0.6 is 12.2 Å². The maximum Gasteiger partial charge on any atom is 0.242 e. The lowest BCUT2D eigenvalue weighted by atomic mass is 10.2. The number of amides is 1. The zero-order chi connectivity index (χ0) is 16.1. The Morgan fingerprint density at radius 3 is 2.57 bits per heavy atom. The van der Waals surface area contributed by atoms with Gasteiger partial charge in [0.15, 0.2) is 0 Å². The molecule has 3 aromatic rings. The first kappa shape index (κ1) is 14.7. The highest BCUT2D eigenvalue weighted by Crippen LogP contribution is 2.20. The number of anilines is 3. The van der Waals surface area contributed by atoms with Crippen LogP contribution in [-0.2, 0) is 4.79 Å². The number of carbonyl (C=O) groups is 1. The van der Waals surface area contributed by atoms with Gasteiger partial charge in [-0.25, -0.2) is 4.68 Å². The molecule has 0 aliphatic rings. The van der Waals surface area contributed by atoms with Crippen LogP contribution in [0.4, 0.5) is 17.1 Å². The summed E-state index contributed by atoms with van der Waals surface area (Å²) in [5.41, 5.74) is 8.54. The van der Waals surface area contributed by atoms with Crippen molar-refractivity contribution in [2.45, 2.75) is 0 Å². The predicted molar refractivity (Wildman–Crippen MR) is 89.1 cm³/mol. The zero-order valence-corrected chi connectivity index (χ0v) is 12.7. The van der Waals surface area contributed by atoms with Crippen LogP contribution in [0.25, 0.3) is 5.69 Å². The van der Waals surface area contributed by atoms with Gasteiger partial charge in [-0.3, -0.25) is 15.6 Å². The van der Waals surface area contributed by atoms with E-state index in [0.29, 0.717) is 11.2 Å². The lowest BCUT2D eigenvalue weighted by Gasteiger charge is -2.10. The van der Waals surface area contributed by atoms with Crippen LogP contribution in [0.15, 0.2) is 48.5 Å². The lowest BCUT2D eigenvalue weighted by Crippen LogP contribution is -2.18. The van der Waals surface area contributed by atoms with Gasteiger partial charge in [-0.15, -0.1) is 0 Å². The highest BCUT2D eigenvalue weighted by atomic mass is 32.1. The van der Waals surface area contributed by atoms with Gasteiger partial charge >= 0.3 is 0 Å². The first-order valence-corrected chi connectivity index (χ1v) is 7.10. The second-order valence-corrected chi connectivity index (χ2v) is 4.92. The number of aromatic amines is 1. The molecule has 0 atom stereocenters. The van der Waals surface area contributed by atoms with Crippen LogP contribution in [0.3, 0.4) is 0 Å². The summed E-state index contributed by atoms with van der Waals surface area (Å²) in [6.45, 7) is 0. The molecule has 0 saturated carbocycles. The fourth-order valence-electron chi connectivity index (χ4n) is 2.00. The van der Waals surface area contributed by atoms with Crippen molar-refractivity contribution in [2.24, 2.45) is 0 Å². The van der Waals surface area contributed by atoms with E-state index in [1.807, 2.05) is 48.5 Å². The zero-order valence-electron chi connectivity index (χ0n) is 11.9. The van der Waals surface area contributed by atoms with E-state index in [4.69, 9.17) is 12.2 Å². The Morgan fingerprint density at radius 2 is 1.87 bits per heavy atom. The molecule has 1 amide bonds. The number of tetrazole rings is 1. The molecule has 0 fully saturated rings. The summed E-state index contributed by atoms with van der Waals surface area (Å²) in [4.78, 5) is 10.2. The number of hydrazine groups is 1. The Morgan fingerprint density at radius 1 is 1.09 bits per heavy atom. The number of hydrogen-bond acceptors (Lipinski definition) is 6. The highest BCUT2D eigenvalue weighted by Gasteiger charge is 2.02. The van der Waals surface area contributed by atoms with Crippen LogP contribution in [0.2, 0.25) is 0 Å². The summed E-state index contributed by atoms with van der Waals surface area (Å²) in [6.07, 6.45) is 0.576. The third-order valence-electron chi connectivity index (χ3n) is 3.02. The molecule has 1 heterocycles. The Labute approximate surface area is 136 Å². The smallest absolute Gasteiger partial charge is 0.242 e. The van der Waals surface area contributed by atoms with Crippen molar-refractivity contribution in [3.63, 3.8) is 0 Å². The number of hydrogen-bond donors (Lipinski definition) is 4. The van der Waals surface area contributed by atoms with E-state index >= 15 is 0 Å². The number of aromatic nitrogens is 4. The van der Waals surface area contributed by atoms with E-state index in [1.54, 1.807) is 4.68 Å². The summed E-state index contributed by atoms with van der Waals surface area (Å²) < 4.78 is 1.97. The number of H-pyrrole nitrogens is 1. The first-order valence-electron chi connectivity index (χ1n) is 6.69. The van der Waals surface area contributed by atoms with Gasteiger partial charge in [-0.2, -0.15) is 5.21 Å². The van der Waals surface area contributed by atoms with E-state index in [-0.39, 0.29) is 0 Å².